The van der Waals surface area contributed by atoms with Crippen molar-refractivity contribution in [3.05, 3.63) is 70.9 Å². The third-order valence-electron chi connectivity index (χ3n) is 3.79. The van der Waals surface area contributed by atoms with Crippen LogP contribution in [0, 0.1) is 6.92 Å². The first-order chi connectivity index (χ1) is 12.2. The van der Waals surface area contributed by atoms with E-state index >= 15 is 0 Å². The van der Waals surface area contributed by atoms with Gasteiger partial charge in [0.05, 0.1) is 11.1 Å². The van der Waals surface area contributed by atoms with Crippen molar-refractivity contribution < 1.29 is 27.8 Å². The Labute approximate surface area is 146 Å². The van der Waals surface area contributed by atoms with Gasteiger partial charge in [-0.2, -0.15) is 13.2 Å². The summed E-state index contributed by atoms with van der Waals surface area (Å²) in [7, 11) is 0. The number of hydrogen-bond acceptors (Lipinski definition) is 3. The van der Waals surface area contributed by atoms with Crippen molar-refractivity contribution in [3.8, 4) is 5.75 Å². The van der Waals surface area contributed by atoms with E-state index in [-0.39, 0.29) is 18.1 Å². The zero-order valence-electron chi connectivity index (χ0n) is 13.7. The Bertz CT molecular complexity index is 983. The average Bonchev–Trinajstić information content (AvgIpc) is 2.59. The molecule has 0 aliphatic rings. The summed E-state index contributed by atoms with van der Waals surface area (Å²) >= 11 is 0. The fraction of sp³-hybridized carbons (Fsp3) is 0.158. The topological polar surface area (TPSA) is 59.4 Å². The first kappa shape index (κ1) is 17.7. The summed E-state index contributed by atoms with van der Waals surface area (Å²) in [5.74, 6) is -0.954. The van der Waals surface area contributed by atoms with Gasteiger partial charge in [0.2, 0.25) is 0 Å². The van der Waals surface area contributed by atoms with Gasteiger partial charge in [0, 0.05) is 11.5 Å². The van der Waals surface area contributed by atoms with Gasteiger partial charge in [-0.3, -0.25) is 0 Å². The van der Waals surface area contributed by atoms with Gasteiger partial charge in [-0.15, -0.1) is 0 Å². The van der Waals surface area contributed by atoms with Crippen molar-refractivity contribution in [3.63, 3.8) is 0 Å². The first-order valence-electron chi connectivity index (χ1n) is 7.67. The summed E-state index contributed by atoms with van der Waals surface area (Å²) in [5, 5.41) is 9.79. The Morgan fingerprint density at radius 2 is 1.92 bits per heavy atom. The monoisotopic (exact) mass is 361 g/mol. The second kappa shape index (κ2) is 6.67. The molecule has 0 amide bonds. The molecule has 0 fully saturated rings. The van der Waals surface area contributed by atoms with E-state index in [1.54, 1.807) is 18.2 Å². The van der Waals surface area contributed by atoms with Crippen LogP contribution in [-0.2, 0) is 12.8 Å². The van der Waals surface area contributed by atoms with Gasteiger partial charge in [-0.1, -0.05) is 23.8 Å². The van der Waals surface area contributed by atoms with Crippen molar-refractivity contribution in [1.82, 2.24) is 4.98 Å². The Balaban J connectivity index is 1.95. The van der Waals surface area contributed by atoms with Crippen LogP contribution >= 0.6 is 0 Å². The van der Waals surface area contributed by atoms with Gasteiger partial charge >= 0.3 is 12.1 Å². The van der Waals surface area contributed by atoms with Crippen LogP contribution in [0.3, 0.4) is 0 Å². The Hall–Kier alpha value is -3.09. The molecule has 1 N–H and O–H groups in total. The number of aryl methyl sites for hydroxylation is 1. The summed E-state index contributed by atoms with van der Waals surface area (Å²) in [6.07, 6.45) is -4.44. The second-order valence-corrected chi connectivity index (χ2v) is 5.82. The number of carbonyl (C=O) groups is 1. The van der Waals surface area contributed by atoms with E-state index in [1.165, 1.54) is 18.2 Å². The van der Waals surface area contributed by atoms with Crippen LogP contribution in [0.4, 0.5) is 13.2 Å². The number of carboxylic acid groups (broad SMARTS) is 1. The van der Waals surface area contributed by atoms with E-state index in [2.05, 4.69) is 4.98 Å². The van der Waals surface area contributed by atoms with Crippen LogP contribution in [-0.4, -0.2) is 16.1 Å². The van der Waals surface area contributed by atoms with Gasteiger partial charge in [0.25, 0.3) is 0 Å². The molecule has 134 valence electrons. The van der Waals surface area contributed by atoms with Crippen molar-refractivity contribution in [1.29, 1.82) is 0 Å². The summed E-state index contributed by atoms with van der Waals surface area (Å²) in [6.45, 7) is 1.73. The molecule has 0 unspecified atom stereocenters. The minimum Gasteiger partial charge on any atom is -0.488 e. The molecule has 7 heteroatoms. The Kier molecular flexibility index (Phi) is 4.54. The number of hydrogen-bond donors (Lipinski definition) is 1. The molecule has 0 aliphatic heterocycles. The highest BCUT2D eigenvalue weighted by Crippen LogP contribution is 2.31. The van der Waals surface area contributed by atoms with Crippen LogP contribution in [0.2, 0.25) is 0 Å². The van der Waals surface area contributed by atoms with Crippen molar-refractivity contribution in [2.45, 2.75) is 19.7 Å². The summed E-state index contributed by atoms with van der Waals surface area (Å²) in [4.78, 5) is 15.3. The number of aromatic carboxylic acids is 1. The number of aromatic nitrogens is 1. The fourth-order valence-corrected chi connectivity index (χ4v) is 2.54. The lowest BCUT2D eigenvalue weighted by molar-refractivity contribution is -0.137. The minimum atomic E-state index is -4.44. The lowest BCUT2D eigenvalue weighted by atomic mass is 10.1. The van der Waals surface area contributed by atoms with Gasteiger partial charge in [0.1, 0.15) is 12.4 Å². The maximum atomic E-state index is 12.8. The predicted octanol–water partition coefficient (Wildman–Crippen LogP) is 4.84. The molecule has 2 aromatic carbocycles. The van der Waals surface area contributed by atoms with E-state index in [9.17, 15) is 23.1 Å². The number of rotatable bonds is 4. The molecule has 1 heterocycles. The molecule has 0 saturated carbocycles. The molecule has 4 nitrogen and oxygen atoms in total. The van der Waals surface area contributed by atoms with E-state index in [0.29, 0.717) is 16.5 Å². The summed E-state index contributed by atoms with van der Waals surface area (Å²) < 4.78 is 44.1. The van der Waals surface area contributed by atoms with E-state index in [1.807, 2.05) is 6.92 Å². The van der Waals surface area contributed by atoms with Gasteiger partial charge < -0.3 is 9.84 Å². The molecule has 0 radical (unpaired) electrons. The maximum Gasteiger partial charge on any atom is 0.416 e. The smallest absolute Gasteiger partial charge is 0.416 e. The highest BCUT2D eigenvalue weighted by molar-refractivity contribution is 5.93. The molecule has 3 rings (SSSR count). The van der Waals surface area contributed by atoms with E-state index < -0.39 is 17.7 Å². The molecule has 0 spiro atoms. The SMILES string of the molecule is Cc1ccc2nc(C(=O)O)cc(OCc3cccc(C(F)(F)F)c3)c2c1. The molecule has 26 heavy (non-hydrogen) atoms. The van der Waals surface area contributed by atoms with Crippen molar-refractivity contribution in [2.24, 2.45) is 0 Å². The number of ether oxygens (including phenoxy) is 1. The first-order valence-corrected chi connectivity index (χ1v) is 7.67. The number of benzene rings is 2. The lowest BCUT2D eigenvalue weighted by Gasteiger charge is -2.12. The van der Waals surface area contributed by atoms with Crippen LogP contribution in [0.1, 0.15) is 27.2 Å². The largest absolute Gasteiger partial charge is 0.488 e. The number of pyridine rings is 1. The molecule has 0 saturated heterocycles. The van der Waals surface area contributed by atoms with E-state index in [4.69, 9.17) is 4.74 Å². The Morgan fingerprint density at radius 3 is 2.62 bits per heavy atom. The number of carboxylic acids is 1. The highest BCUT2D eigenvalue weighted by Gasteiger charge is 2.30. The molecule has 0 bridgehead atoms. The summed E-state index contributed by atoms with van der Waals surface area (Å²) in [6, 6.07) is 11.3. The molecule has 0 aliphatic carbocycles. The average molecular weight is 361 g/mol. The zero-order chi connectivity index (χ0) is 18.9. The lowest BCUT2D eigenvalue weighted by Crippen LogP contribution is -2.07. The summed E-state index contributed by atoms with van der Waals surface area (Å²) in [5.41, 5.74) is 0.732. The second-order valence-electron chi connectivity index (χ2n) is 5.82. The molecular formula is C19H14F3NO3. The fourth-order valence-electron chi connectivity index (χ4n) is 2.54. The normalized spacial score (nSPS) is 11.5. The molecule has 3 aromatic rings. The molecule has 1 aromatic heterocycles. The van der Waals surface area contributed by atoms with Gasteiger partial charge in [-0.25, -0.2) is 9.78 Å². The third-order valence-corrected chi connectivity index (χ3v) is 3.79. The van der Waals surface area contributed by atoms with E-state index in [0.717, 1.165) is 17.7 Å². The number of alkyl halides is 3. The van der Waals surface area contributed by atoms with Crippen LogP contribution in [0.5, 0.6) is 5.75 Å². The van der Waals surface area contributed by atoms with Crippen LogP contribution in [0.15, 0.2) is 48.5 Å². The maximum absolute atomic E-state index is 12.8. The van der Waals surface area contributed by atoms with Crippen molar-refractivity contribution >= 4 is 16.9 Å². The van der Waals surface area contributed by atoms with Crippen LogP contribution in [0.25, 0.3) is 10.9 Å². The standard InChI is InChI=1S/C19H14F3NO3/c1-11-5-6-15-14(7-11)17(9-16(23-15)18(24)25)26-10-12-3-2-4-13(8-12)19(20,21)22/h2-9H,10H2,1H3,(H,24,25). The number of nitrogens with zero attached hydrogens (tertiary/aromatic N) is 1. The van der Waals surface area contributed by atoms with Crippen molar-refractivity contribution in [2.75, 3.05) is 0 Å². The molecular weight excluding hydrogens is 347 g/mol. The zero-order valence-corrected chi connectivity index (χ0v) is 13.7. The quantitative estimate of drug-likeness (QED) is 0.722. The van der Waals surface area contributed by atoms with Crippen LogP contribution < -0.4 is 4.74 Å². The molecule has 0 atom stereocenters. The Morgan fingerprint density at radius 1 is 1.15 bits per heavy atom. The predicted molar refractivity (Wildman–Crippen MR) is 89.2 cm³/mol. The highest BCUT2D eigenvalue weighted by atomic mass is 19.4. The van der Waals surface area contributed by atoms with Gasteiger partial charge in [-0.05, 0) is 36.8 Å². The third kappa shape index (κ3) is 3.77. The minimum absolute atomic E-state index is 0.129. The van der Waals surface area contributed by atoms with Gasteiger partial charge in [0.15, 0.2) is 5.69 Å². The number of fused-ring (bicyclic) bond motifs is 1. The number of halogens is 3.